The number of benzene rings is 4. The van der Waals surface area contributed by atoms with Crippen LogP contribution in [0.1, 0.15) is 11.1 Å². The van der Waals surface area contributed by atoms with Crippen LogP contribution in [0.5, 0.6) is 11.5 Å². The Hall–Kier alpha value is -4.18. The molecule has 4 nitrogen and oxygen atoms in total. The van der Waals surface area contributed by atoms with Crippen molar-refractivity contribution in [2.75, 3.05) is 14.2 Å². The lowest BCUT2D eigenvalue weighted by Crippen LogP contribution is -1.89. The van der Waals surface area contributed by atoms with E-state index in [9.17, 15) is 0 Å². The fourth-order valence-corrected chi connectivity index (χ4v) is 3.29. The molecule has 0 N–H and O–H groups in total. The fourth-order valence-electron chi connectivity index (χ4n) is 3.29. The predicted octanol–water partition coefficient (Wildman–Crippen LogP) is 6.87. The van der Waals surface area contributed by atoms with E-state index in [0.717, 1.165) is 33.6 Å². The molecule has 4 heteroatoms. The van der Waals surface area contributed by atoms with Crippen LogP contribution in [-0.2, 0) is 0 Å². The van der Waals surface area contributed by atoms with Gasteiger partial charge in [0.1, 0.15) is 22.9 Å². The number of hydrogen-bond donors (Lipinski definition) is 0. The van der Waals surface area contributed by atoms with Crippen molar-refractivity contribution in [2.24, 2.45) is 9.98 Å². The molecular weight excluding hydrogens is 396 g/mol. The molecule has 32 heavy (non-hydrogen) atoms. The van der Waals surface area contributed by atoms with Gasteiger partial charge in [-0.25, -0.2) is 0 Å². The smallest absolute Gasteiger partial charge is 0.145 e. The van der Waals surface area contributed by atoms with Crippen LogP contribution in [0.25, 0.3) is 11.1 Å². The van der Waals surface area contributed by atoms with Crippen molar-refractivity contribution >= 4 is 23.8 Å². The molecule has 0 radical (unpaired) electrons. The summed E-state index contributed by atoms with van der Waals surface area (Å²) in [5.41, 5.74) is 5.65. The normalized spacial score (nSPS) is 11.2. The molecule has 0 aliphatic rings. The van der Waals surface area contributed by atoms with Gasteiger partial charge in [0.25, 0.3) is 0 Å². The molecule has 0 heterocycles. The van der Waals surface area contributed by atoms with Crippen LogP contribution in [0.4, 0.5) is 11.4 Å². The summed E-state index contributed by atoms with van der Waals surface area (Å²) in [6.45, 7) is 0. The lowest BCUT2D eigenvalue weighted by Gasteiger charge is -2.10. The van der Waals surface area contributed by atoms with Gasteiger partial charge in [0.05, 0.1) is 14.2 Å². The molecule has 0 aliphatic heterocycles. The molecule has 4 aromatic rings. The number of nitrogens with zero attached hydrogens (tertiary/aromatic N) is 2. The van der Waals surface area contributed by atoms with Crippen LogP contribution in [0.2, 0.25) is 0 Å². The highest BCUT2D eigenvalue weighted by molar-refractivity contribution is 5.84. The Balaban J connectivity index is 1.60. The van der Waals surface area contributed by atoms with E-state index in [-0.39, 0.29) is 0 Å². The van der Waals surface area contributed by atoms with Crippen LogP contribution in [0, 0.1) is 0 Å². The van der Waals surface area contributed by atoms with E-state index >= 15 is 0 Å². The summed E-state index contributed by atoms with van der Waals surface area (Å²) >= 11 is 0. The van der Waals surface area contributed by atoms with Gasteiger partial charge in [-0.3, -0.25) is 9.98 Å². The molecule has 0 unspecified atom stereocenters. The van der Waals surface area contributed by atoms with Gasteiger partial charge in [0.2, 0.25) is 0 Å². The molecule has 0 aliphatic carbocycles. The van der Waals surface area contributed by atoms with Crippen LogP contribution >= 0.6 is 0 Å². The monoisotopic (exact) mass is 420 g/mol. The van der Waals surface area contributed by atoms with Gasteiger partial charge in [0, 0.05) is 12.4 Å². The minimum Gasteiger partial charge on any atom is -0.494 e. The number of methoxy groups -OCH3 is 2. The van der Waals surface area contributed by atoms with Gasteiger partial charge in [-0.05, 0) is 46.5 Å². The minimum atomic E-state index is 0.708. The van der Waals surface area contributed by atoms with Crippen molar-refractivity contribution in [3.8, 4) is 22.6 Å². The standard InChI is InChI=1S/C28H24N2O2/c1-31-27-17-23(13-15-25(27)29-19-21-9-5-3-6-10-21)24-14-16-26(28(18-24)32-2)30-20-22-11-7-4-8-12-22/h3-20H,1-2H3/b29-19+,30-20+. The first-order valence-corrected chi connectivity index (χ1v) is 10.3. The molecule has 0 amide bonds. The summed E-state index contributed by atoms with van der Waals surface area (Å²) in [7, 11) is 3.31. The minimum absolute atomic E-state index is 0.708. The zero-order valence-electron chi connectivity index (χ0n) is 18.1. The van der Waals surface area contributed by atoms with Crippen molar-refractivity contribution in [3.63, 3.8) is 0 Å². The van der Waals surface area contributed by atoms with Crippen LogP contribution in [0.15, 0.2) is 107 Å². The first kappa shape index (κ1) is 21.1. The van der Waals surface area contributed by atoms with Gasteiger partial charge in [-0.15, -0.1) is 0 Å². The first-order valence-electron chi connectivity index (χ1n) is 10.3. The van der Waals surface area contributed by atoms with E-state index in [1.54, 1.807) is 14.2 Å². The highest BCUT2D eigenvalue weighted by Crippen LogP contribution is 2.36. The van der Waals surface area contributed by atoms with Crippen molar-refractivity contribution < 1.29 is 9.47 Å². The van der Waals surface area contributed by atoms with Crippen molar-refractivity contribution in [1.82, 2.24) is 0 Å². The summed E-state index contributed by atoms with van der Waals surface area (Å²) in [4.78, 5) is 9.18. The molecule has 0 fully saturated rings. The molecular formula is C28H24N2O2. The van der Waals surface area contributed by atoms with Crippen molar-refractivity contribution in [1.29, 1.82) is 0 Å². The van der Waals surface area contributed by atoms with Crippen molar-refractivity contribution in [3.05, 3.63) is 108 Å². The van der Waals surface area contributed by atoms with Gasteiger partial charge in [-0.1, -0.05) is 72.8 Å². The summed E-state index contributed by atoms with van der Waals surface area (Å²) in [5, 5.41) is 0. The Kier molecular flexibility index (Phi) is 6.73. The summed E-state index contributed by atoms with van der Waals surface area (Å²) in [5.74, 6) is 1.42. The largest absolute Gasteiger partial charge is 0.494 e. The molecule has 0 spiro atoms. The second-order valence-electron chi connectivity index (χ2n) is 7.11. The van der Waals surface area contributed by atoms with Gasteiger partial charge >= 0.3 is 0 Å². The SMILES string of the molecule is COc1cc(-c2ccc(/N=C/c3ccccc3)c(OC)c2)ccc1/N=C/c1ccccc1. The van der Waals surface area contributed by atoms with Gasteiger partial charge < -0.3 is 9.47 Å². The summed E-state index contributed by atoms with van der Waals surface area (Å²) < 4.78 is 11.2. The van der Waals surface area contributed by atoms with Crippen LogP contribution in [-0.4, -0.2) is 26.6 Å². The third-order valence-corrected chi connectivity index (χ3v) is 5.00. The lowest BCUT2D eigenvalue weighted by molar-refractivity contribution is 0.415. The molecule has 158 valence electrons. The van der Waals surface area contributed by atoms with E-state index < -0.39 is 0 Å². The maximum absolute atomic E-state index is 5.60. The molecule has 0 saturated heterocycles. The third-order valence-electron chi connectivity index (χ3n) is 5.00. The average molecular weight is 421 g/mol. The lowest BCUT2D eigenvalue weighted by atomic mass is 10.0. The van der Waals surface area contributed by atoms with Gasteiger partial charge in [0.15, 0.2) is 0 Å². The first-order chi connectivity index (χ1) is 15.8. The molecule has 0 atom stereocenters. The Morgan fingerprint density at radius 2 is 0.938 bits per heavy atom. The third kappa shape index (κ3) is 5.10. The molecule has 4 aromatic carbocycles. The maximum Gasteiger partial charge on any atom is 0.145 e. The quantitative estimate of drug-likeness (QED) is 0.306. The average Bonchev–Trinajstić information content (AvgIpc) is 2.87. The number of aliphatic imine (C=N–C) groups is 2. The van der Waals surface area contributed by atoms with E-state index in [4.69, 9.17) is 9.47 Å². The predicted molar refractivity (Wildman–Crippen MR) is 132 cm³/mol. The molecule has 0 bridgehead atoms. The summed E-state index contributed by atoms with van der Waals surface area (Å²) in [6, 6.07) is 31.9. The fraction of sp³-hybridized carbons (Fsp3) is 0.0714. The zero-order valence-corrected chi connectivity index (χ0v) is 18.1. The van der Waals surface area contributed by atoms with E-state index in [1.807, 2.05) is 109 Å². The number of ether oxygens (including phenoxy) is 2. The highest BCUT2D eigenvalue weighted by atomic mass is 16.5. The maximum atomic E-state index is 5.60. The van der Waals surface area contributed by atoms with E-state index in [0.29, 0.717) is 11.5 Å². The molecule has 0 saturated carbocycles. The Bertz CT molecular complexity index is 1130. The Labute approximate surface area is 188 Å². The topological polar surface area (TPSA) is 43.2 Å². The summed E-state index contributed by atoms with van der Waals surface area (Å²) in [6.07, 6.45) is 3.67. The Morgan fingerprint density at radius 3 is 1.31 bits per heavy atom. The number of rotatable bonds is 7. The second-order valence-corrected chi connectivity index (χ2v) is 7.11. The van der Waals surface area contributed by atoms with E-state index in [1.165, 1.54) is 0 Å². The zero-order chi connectivity index (χ0) is 22.2. The number of hydrogen-bond acceptors (Lipinski definition) is 4. The van der Waals surface area contributed by atoms with Crippen LogP contribution in [0.3, 0.4) is 0 Å². The van der Waals surface area contributed by atoms with Gasteiger partial charge in [-0.2, -0.15) is 0 Å². The molecule has 4 rings (SSSR count). The second kappa shape index (κ2) is 10.2. The Morgan fingerprint density at radius 1 is 0.531 bits per heavy atom. The highest BCUT2D eigenvalue weighted by Gasteiger charge is 2.09. The van der Waals surface area contributed by atoms with Crippen LogP contribution < -0.4 is 9.47 Å². The molecule has 0 aromatic heterocycles. The van der Waals surface area contributed by atoms with Crippen molar-refractivity contribution in [2.45, 2.75) is 0 Å². The van der Waals surface area contributed by atoms with E-state index in [2.05, 4.69) is 9.98 Å².